The van der Waals surface area contributed by atoms with Crippen molar-refractivity contribution in [1.82, 2.24) is 0 Å². The van der Waals surface area contributed by atoms with Crippen LogP contribution in [-0.2, 0) is 0 Å². The monoisotopic (exact) mass is 302 g/mol. The zero-order chi connectivity index (χ0) is 15.7. The van der Waals surface area contributed by atoms with E-state index in [2.05, 4.69) is 19.1 Å². The molecule has 22 heavy (non-hydrogen) atoms. The van der Waals surface area contributed by atoms with Crippen LogP contribution < -0.4 is 0 Å². The number of benzene rings is 1. The minimum Gasteiger partial charge on any atom is -0.206 e. The first-order chi connectivity index (χ1) is 10.5. The number of rotatable bonds is 2. The van der Waals surface area contributed by atoms with Crippen LogP contribution in [-0.4, -0.2) is 0 Å². The molecule has 3 rings (SSSR count). The molecule has 0 radical (unpaired) electrons. The molecule has 0 unspecified atom stereocenters. The zero-order valence-corrected chi connectivity index (χ0v) is 14.5. The van der Waals surface area contributed by atoms with Gasteiger partial charge in [0.05, 0.1) is 0 Å². The predicted molar refractivity (Wildman–Crippen MR) is 91.7 cm³/mol. The van der Waals surface area contributed by atoms with Gasteiger partial charge in [-0.3, -0.25) is 0 Å². The van der Waals surface area contributed by atoms with Gasteiger partial charge < -0.3 is 0 Å². The second-order valence-electron chi connectivity index (χ2n) is 8.10. The Bertz CT molecular complexity index is 480. The third kappa shape index (κ3) is 3.39. The lowest BCUT2D eigenvalue weighted by Gasteiger charge is -2.37. The number of aryl methyl sites for hydroxylation is 2. The van der Waals surface area contributed by atoms with E-state index < -0.39 is 0 Å². The van der Waals surface area contributed by atoms with Crippen molar-refractivity contribution in [2.75, 3.05) is 0 Å². The summed E-state index contributed by atoms with van der Waals surface area (Å²) < 4.78 is 13.8. The molecular formula is C21H31F. The molecule has 0 heterocycles. The number of hydrogen-bond donors (Lipinski definition) is 0. The highest BCUT2D eigenvalue weighted by Gasteiger charge is 2.30. The Balaban J connectivity index is 1.60. The first kappa shape index (κ1) is 16.0. The standard InChI is InChI=1S/C21H31F/c1-14-4-6-17(7-5-14)18-8-10-19(11-9-18)20-12-15(2)21(22)16(3)13-20/h12-14,17-19H,4-11H2,1-3H3. The van der Waals surface area contributed by atoms with Gasteiger partial charge in [-0.05, 0) is 92.7 Å². The first-order valence-corrected chi connectivity index (χ1v) is 9.31. The summed E-state index contributed by atoms with van der Waals surface area (Å²) in [5.41, 5.74) is 3.02. The zero-order valence-electron chi connectivity index (χ0n) is 14.5. The molecule has 1 heteroatoms. The van der Waals surface area contributed by atoms with Crippen LogP contribution in [0.2, 0.25) is 0 Å². The van der Waals surface area contributed by atoms with E-state index in [1.165, 1.54) is 56.9 Å². The molecule has 2 aliphatic rings. The Hall–Kier alpha value is -0.850. The van der Waals surface area contributed by atoms with Gasteiger partial charge in [0.1, 0.15) is 5.82 Å². The largest absolute Gasteiger partial charge is 0.206 e. The van der Waals surface area contributed by atoms with Crippen molar-refractivity contribution in [3.63, 3.8) is 0 Å². The molecule has 0 spiro atoms. The van der Waals surface area contributed by atoms with E-state index in [4.69, 9.17) is 0 Å². The van der Waals surface area contributed by atoms with Crippen molar-refractivity contribution in [3.05, 3.63) is 34.6 Å². The van der Waals surface area contributed by atoms with Crippen molar-refractivity contribution in [1.29, 1.82) is 0 Å². The highest BCUT2D eigenvalue weighted by atomic mass is 19.1. The number of hydrogen-bond acceptors (Lipinski definition) is 0. The van der Waals surface area contributed by atoms with Crippen molar-refractivity contribution < 1.29 is 4.39 Å². The third-order valence-corrected chi connectivity index (χ3v) is 6.43. The van der Waals surface area contributed by atoms with Crippen molar-refractivity contribution in [2.45, 2.75) is 78.1 Å². The van der Waals surface area contributed by atoms with Crippen LogP contribution in [0.25, 0.3) is 0 Å². The average molecular weight is 302 g/mol. The second-order valence-corrected chi connectivity index (χ2v) is 8.10. The highest BCUT2D eigenvalue weighted by Crippen LogP contribution is 2.44. The quantitative estimate of drug-likeness (QED) is 0.581. The molecule has 1 aromatic carbocycles. The molecule has 0 amide bonds. The third-order valence-electron chi connectivity index (χ3n) is 6.43. The maximum absolute atomic E-state index is 13.8. The lowest BCUT2D eigenvalue weighted by atomic mass is 9.68. The molecule has 2 fully saturated rings. The summed E-state index contributed by atoms with van der Waals surface area (Å²) in [4.78, 5) is 0. The number of halogens is 1. The summed E-state index contributed by atoms with van der Waals surface area (Å²) in [7, 11) is 0. The van der Waals surface area contributed by atoms with Crippen LogP contribution >= 0.6 is 0 Å². The summed E-state index contributed by atoms with van der Waals surface area (Å²) in [5.74, 6) is 3.56. The molecule has 0 aromatic heterocycles. The summed E-state index contributed by atoms with van der Waals surface area (Å²) in [6.45, 7) is 6.22. The van der Waals surface area contributed by atoms with Crippen LogP contribution in [0.1, 0.15) is 80.9 Å². The minimum absolute atomic E-state index is 0.0197. The fraction of sp³-hybridized carbons (Fsp3) is 0.714. The van der Waals surface area contributed by atoms with Crippen LogP contribution in [0.15, 0.2) is 12.1 Å². The van der Waals surface area contributed by atoms with Gasteiger partial charge in [0.2, 0.25) is 0 Å². The van der Waals surface area contributed by atoms with Gasteiger partial charge in [-0.25, -0.2) is 4.39 Å². The molecule has 0 saturated heterocycles. The first-order valence-electron chi connectivity index (χ1n) is 9.31. The van der Waals surface area contributed by atoms with E-state index in [0.717, 1.165) is 28.9 Å². The van der Waals surface area contributed by atoms with Crippen LogP contribution in [0.5, 0.6) is 0 Å². The van der Waals surface area contributed by atoms with Crippen LogP contribution in [0.4, 0.5) is 4.39 Å². The van der Waals surface area contributed by atoms with Gasteiger partial charge in [-0.1, -0.05) is 31.9 Å². The molecule has 0 N–H and O–H groups in total. The lowest BCUT2D eigenvalue weighted by molar-refractivity contribution is 0.165. The molecule has 0 aliphatic heterocycles. The Morgan fingerprint density at radius 3 is 1.73 bits per heavy atom. The fourth-order valence-corrected chi connectivity index (χ4v) is 4.90. The Labute approximate surface area is 135 Å². The summed E-state index contributed by atoms with van der Waals surface area (Å²) >= 11 is 0. The fourth-order valence-electron chi connectivity index (χ4n) is 4.90. The Kier molecular flexibility index (Phi) is 4.90. The van der Waals surface area contributed by atoms with Gasteiger partial charge in [0.25, 0.3) is 0 Å². The van der Waals surface area contributed by atoms with E-state index >= 15 is 0 Å². The highest BCUT2D eigenvalue weighted by molar-refractivity contribution is 5.32. The molecule has 1 aromatic rings. The van der Waals surface area contributed by atoms with E-state index in [0.29, 0.717) is 5.92 Å². The molecule has 0 nitrogen and oxygen atoms in total. The molecule has 2 aliphatic carbocycles. The van der Waals surface area contributed by atoms with Gasteiger partial charge in [-0.15, -0.1) is 0 Å². The summed E-state index contributed by atoms with van der Waals surface area (Å²) in [5, 5.41) is 0. The SMILES string of the molecule is Cc1cc(C2CCC(C3CCC(C)CC3)CC2)cc(C)c1F. The van der Waals surface area contributed by atoms with E-state index in [1.54, 1.807) is 0 Å². The summed E-state index contributed by atoms with van der Waals surface area (Å²) in [6.07, 6.45) is 11.2. The minimum atomic E-state index is -0.0197. The molecule has 0 atom stereocenters. The molecule has 2 saturated carbocycles. The average Bonchev–Trinajstić information content (AvgIpc) is 2.53. The maximum Gasteiger partial charge on any atom is 0.129 e. The van der Waals surface area contributed by atoms with Gasteiger partial charge in [0, 0.05) is 0 Å². The smallest absolute Gasteiger partial charge is 0.129 e. The van der Waals surface area contributed by atoms with E-state index in [1.807, 2.05) is 13.8 Å². The van der Waals surface area contributed by atoms with Crippen LogP contribution in [0, 0.1) is 37.4 Å². The molecule has 122 valence electrons. The Morgan fingerprint density at radius 2 is 1.23 bits per heavy atom. The van der Waals surface area contributed by atoms with E-state index in [9.17, 15) is 4.39 Å². The molecule has 0 bridgehead atoms. The maximum atomic E-state index is 13.8. The predicted octanol–water partition coefficient (Wildman–Crippen LogP) is 6.54. The van der Waals surface area contributed by atoms with Crippen molar-refractivity contribution in [3.8, 4) is 0 Å². The van der Waals surface area contributed by atoms with Crippen molar-refractivity contribution in [2.24, 2.45) is 17.8 Å². The van der Waals surface area contributed by atoms with Gasteiger partial charge in [-0.2, -0.15) is 0 Å². The summed E-state index contributed by atoms with van der Waals surface area (Å²) in [6, 6.07) is 4.19. The van der Waals surface area contributed by atoms with Gasteiger partial charge >= 0.3 is 0 Å². The van der Waals surface area contributed by atoms with Crippen LogP contribution in [0.3, 0.4) is 0 Å². The second kappa shape index (κ2) is 6.72. The topological polar surface area (TPSA) is 0 Å². The van der Waals surface area contributed by atoms with E-state index in [-0.39, 0.29) is 5.82 Å². The Morgan fingerprint density at radius 1 is 0.773 bits per heavy atom. The molecular weight excluding hydrogens is 271 g/mol. The lowest BCUT2D eigenvalue weighted by Crippen LogP contribution is -2.24. The normalized spacial score (nSPS) is 32.9. The van der Waals surface area contributed by atoms with Gasteiger partial charge in [0.15, 0.2) is 0 Å². The van der Waals surface area contributed by atoms with Crippen molar-refractivity contribution >= 4 is 0 Å².